The van der Waals surface area contributed by atoms with Crippen LogP contribution in [0.3, 0.4) is 0 Å². The van der Waals surface area contributed by atoms with Crippen LogP contribution in [0.1, 0.15) is 77.7 Å². The summed E-state index contributed by atoms with van der Waals surface area (Å²) in [6.07, 6.45) is 11.2. The second-order valence-corrected chi connectivity index (χ2v) is 12.0. The summed E-state index contributed by atoms with van der Waals surface area (Å²) in [5, 5.41) is 12.6. The van der Waals surface area contributed by atoms with E-state index in [1.165, 1.54) is 12.5 Å². The maximum absolute atomic E-state index is 13.3. The standard InChI is InChI=1S/C30H41NO5/c1-20-16-17-28(2)26(20)27(35-25(34)15-14-21-10-6-4-7-11-21)30(22-12-8-5-9-13-22)18-23(29(28,3)36-30)31-24(33)19-32/h4,6-7,10-11,14-15,20,22-23,26-27,32H,5,8-9,12-13,16-19H2,1-3H3,(H,31,33)/b15-14+/t20-,23-,26?,27+,28-,29-,30-/m1/s1. The van der Waals surface area contributed by atoms with E-state index >= 15 is 0 Å². The molecule has 6 nitrogen and oxygen atoms in total. The molecule has 196 valence electrons. The van der Waals surface area contributed by atoms with Gasteiger partial charge in [0.15, 0.2) is 0 Å². The summed E-state index contributed by atoms with van der Waals surface area (Å²) < 4.78 is 13.7. The van der Waals surface area contributed by atoms with Crippen molar-refractivity contribution in [3.63, 3.8) is 0 Å². The first-order valence-corrected chi connectivity index (χ1v) is 13.8. The van der Waals surface area contributed by atoms with Gasteiger partial charge in [-0.1, -0.05) is 63.4 Å². The van der Waals surface area contributed by atoms with Crippen molar-refractivity contribution in [3.8, 4) is 0 Å². The molecule has 4 aliphatic rings. The number of esters is 1. The van der Waals surface area contributed by atoms with Gasteiger partial charge in [0.2, 0.25) is 5.91 Å². The molecule has 0 aromatic heterocycles. The van der Waals surface area contributed by atoms with E-state index in [9.17, 15) is 14.7 Å². The number of benzene rings is 1. The fraction of sp³-hybridized carbons (Fsp3) is 0.667. The molecular weight excluding hydrogens is 454 g/mol. The first-order chi connectivity index (χ1) is 17.2. The summed E-state index contributed by atoms with van der Waals surface area (Å²) in [7, 11) is 0. The Hall–Kier alpha value is -2.18. The van der Waals surface area contributed by atoms with Crippen LogP contribution in [0.15, 0.2) is 36.4 Å². The van der Waals surface area contributed by atoms with Crippen molar-refractivity contribution in [3.05, 3.63) is 42.0 Å². The first-order valence-electron chi connectivity index (χ1n) is 13.8. The lowest BCUT2D eigenvalue weighted by Crippen LogP contribution is -2.67. The maximum Gasteiger partial charge on any atom is 0.331 e. The van der Waals surface area contributed by atoms with E-state index in [1.807, 2.05) is 30.3 Å². The summed E-state index contributed by atoms with van der Waals surface area (Å²) in [5.74, 6) is 0.0831. The number of fused-ring (bicyclic) bond motifs is 4. The number of ether oxygens (including phenoxy) is 2. The summed E-state index contributed by atoms with van der Waals surface area (Å²) in [5.41, 5.74) is -0.534. The predicted octanol–water partition coefficient (Wildman–Crippen LogP) is 4.65. The molecule has 1 aromatic rings. The minimum Gasteiger partial charge on any atom is -0.456 e. The second kappa shape index (κ2) is 9.60. The highest BCUT2D eigenvalue weighted by Gasteiger charge is 2.76. The molecule has 0 radical (unpaired) electrons. The van der Waals surface area contributed by atoms with Crippen molar-refractivity contribution in [1.29, 1.82) is 0 Å². The lowest BCUT2D eigenvalue weighted by Gasteiger charge is -2.59. The average Bonchev–Trinajstić information content (AvgIpc) is 3.36. The summed E-state index contributed by atoms with van der Waals surface area (Å²) in [4.78, 5) is 25.7. The monoisotopic (exact) mass is 495 g/mol. The van der Waals surface area contributed by atoms with Gasteiger partial charge in [0.1, 0.15) is 18.3 Å². The Morgan fingerprint density at radius 3 is 2.56 bits per heavy atom. The normalized spacial score (nSPS) is 40.2. The fourth-order valence-corrected chi connectivity index (χ4v) is 8.30. The van der Waals surface area contributed by atoms with E-state index in [4.69, 9.17) is 9.47 Å². The van der Waals surface area contributed by atoms with Crippen LogP contribution in [0.25, 0.3) is 6.08 Å². The Kier molecular flexibility index (Phi) is 6.80. The molecule has 2 N–H and O–H groups in total. The van der Waals surface area contributed by atoms with Crippen molar-refractivity contribution in [2.75, 3.05) is 6.61 Å². The molecule has 36 heavy (non-hydrogen) atoms. The van der Waals surface area contributed by atoms with E-state index in [2.05, 4.69) is 26.1 Å². The SMILES string of the molecule is C[C@@H]1CC[C@]2(C)C1[C@H](OC(=O)/C=C/c1ccccc1)[C@]1(C3CCCCC3)C[C@@H](NC(=O)CO)[C@@]2(C)O1. The summed E-state index contributed by atoms with van der Waals surface area (Å²) in [6, 6.07) is 9.54. The number of aliphatic hydroxyl groups excluding tert-OH is 1. The van der Waals surface area contributed by atoms with Gasteiger partial charge in [-0.15, -0.1) is 0 Å². The molecule has 1 aromatic carbocycles. The van der Waals surface area contributed by atoms with Crippen LogP contribution < -0.4 is 5.32 Å². The van der Waals surface area contributed by atoms with Crippen molar-refractivity contribution >= 4 is 18.0 Å². The van der Waals surface area contributed by atoms with Gasteiger partial charge >= 0.3 is 5.97 Å². The number of aliphatic hydroxyl groups is 1. The summed E-state index contributed by atoms with van der Waals surface area (Å²) >= 11 is 0. The number of hydrogen-bond acceptors (Lipinski definition) is 5. The fourth-order valence-electron chi connectivity index (χ4n) is 8.30. The molecule has 7 atom stereocenters. The molecule has 2 heterocycles. The number of carbonyl (C=O) groups is 2. The highest BCUT2D eigenvalue weighted by Crippen LogP contribution is 2.69. The third-order valence-electron chi connectivity index (χ3n) is 10.2. The van der Waals surface area contributed by atoms with E-state index in [1.54, 1.807) is 6.08 Å². The predicted molar refractivity (Wildman–Crippen MR) is 138 cm³/mol. The molecule has 6 heteroatoms. The van der Waals surface area contributed by atoms with E-state index < -0.39 is 17.8 Å². The Labute approximate surface area is 214 Å². The first kappa shape index (κ1) is 25.5. The van der Waals surface area contributed by atoms with E-state index in [0.717, 1.165) is 44.1 Å². The van der Waals surface area contributed by atoms with Crippen LogP contribution in [0.2, 0.25) is 0 Å². The average molecular weight is 496 g/mol. The van der Waals surface area contributed by atoms with Gasteiger partial charge in [-0.25, -0.2) is 4.79 Å². The lowest BCUT2D eigenvalue weighted by molar-refractivity contribution is -0.290. The van der Waals surface area contributed by atoms with E-state index in [-0.39, 0.29) is 41.3 Å². The number of rotatable bonds is 6. The van der Waals surface area contributed by atoms with Crippen molar-refractivity contribution in [2.24, 2.45) is 23.2 Å². The zero-order valence-electron chi connectivity index (χ0n) is 21.9. The Balaban J connectivity index is 1.54. The van der Waals surface area contributed by atoms with Crippen LogP contribution >= 0.6 is 0 Å². The summed E-state index contributed by atoms with van der Waals surface area (Å²) in [6.45, 7) is 6.15. The van der Waals surface area contributed by atoms with Crippen molar-refractivity contribution < 1.29 is 24.2 Å². The van der Waals surface area contributed by atoms with Gasteiger partial charge in [0.05, 0.1) is 11.6 Å². The number of carbonyl (C=O) groups excluding carboxylic acids is 2. The Bertz CT molecular complexity index is 1000. The van der Waals surface area contributed by atoms with E-state index in [0.29, 0.717) is 12.3 Å². The van der Waals surface area contributed by atoms with Crippen LogP contribution in [0.5, 0.6) is 0 Å². The molecule has 2 aliphatic heterocycles. The van der Waals surface area contributed by atoms with Gasteiger partial charge in [-0.3, -0.25) is 4.79 Å². The third kappa shape index (κ3) is 4.01. The largest absolute Gasteiger partial charge is 0.456 e. The topological polar surface area (TPSA) is 84.9 Å². The second-order valence-electron chi connectivity index (χ2n) is 12.0. The maximum atomic E-state index is 13.3. The number of hydrogen-bond donors (Lipinski definition) is 2. The van der Waals surface area contributed by atoms with Crippen LogP contribution in [0, 0.1) is 23.2 Å². The molecule has 2 saturated heterocycles. The lowest BCUT2D eigenvalue weighted by atomic mass is 9.59. The van der Waals surface area contributed by atoms with Gasteiger partial charge in [-0.05, 0) is 56.1 Å². The van der Waals surface area contributed by atoms with Gasteiger partial charge in [-0.2, -0.15) is 0 Å². The zero-order chi connectivity index (χ0) is 25.6. The minimum absolute atomic E-state index is 0.142. The third-order valence-corrected chi connectivity index (χ3v) is 10.2. The molecule has 0 spiro atoms. The molecular formula is C30H41NO5. The molecule has 2 bridgehead atoms. The van der Waals surface area contributed by atoms with Gasteiger partial charge in [0.25, 0.3) is 0 Å². The smallest absolute Gasteiger partial charge is 0.331 e. The molecule has 1 unspecified atom stereocenters. The highest BCUT2D eigenvalue weighted by molar-refractivity contribution is 5.87. The number of amides is 1. The molecule has 5 rings (SSSR count). The molecule has 2 aliphatic carbocycles. The molecule has 1 amide bonds. The molecule has 2 saturated carbocycles. The van der Waals surface area contributed by atoms with Crippen LogP contribution in [-0.2, 0) is 19.1 Å². The molecule has 4 fully saturated rings. The number of nitrogens with one attached hydrogen (secondary N) is 1. The van der Waals surface area contributed by atoms with Crippen molar-refractivity contribution in [1.82, 2.24) is 5.32 Å². The highest BCUT2D eigenvalue weighted by atomic mass is 16.6. The van der Waals surface area contributed by atoms with Crippen molar-refractivity contribution in [2.45, 2.75) is 95.5 Å². The van der Waals surface area contributed by atoms with Crippen LogP contribution in [0.4, 0.5) is 0 Å². The van der Waals surface area contributed by atoms with Crippen LogP contribution in [-0.4, -0.2) is 46.9 Å². The quantitative estimate of drug-likeness (QED) is 0.443. The van der Waals surface area contributed by atoms with Gasteiger partial charge in [0, 0.05) is 23.8 Å². The Morgan fingerprint density at radius 2 is 1.86 bits per heavy atom. The Morgan fingerprint density at radius 1 is 1.14 bits per heavy atom. The zero-order valence-corrected chi connectivity index (χ0v) is 21.9. The van der Waals surface area contributed by atoms with Gasteiger partial charge < -0.3 is 19.9 Å². The minimum atomic E-state index is -0.637.